The Bertz CT molecular complexity index is 1280. The molecule has 0 unspecified atom stereocenters. The van der Waals surface area contributed by atoms with Gasteiger partial charge in [0.1, 0.15) is 5.75 Å². The number of fused-ring (bicyclic) bond motifs is 1. The summed E-state index contributed by atoms with van der Waals surface area (Å²) in [6.45, 7) is 4.91. The van der Waals surface area contributed by atoms with Gasteiger partial charge in [-0.1, -0.05) is 61.9 Å². The van der Waals surface area contributed by atoms with Crippen LogP contribution in [0.1, 0.15) is 61.6 Å². The number of rotatable bonds is 6. The molecule has 3 aromatic rings. The SMILES string of the molecule is CCCC[C@@H]1[C@H](c2ccc(C#Cc3ccccc3)cc2)[C@@H]2CN(C(=O)Nc3ccc(OC)cc3)CCCCN12. The van der Waals surface area contributed by atoms with Crippen LogP contribution in [0, 0.1) is 11.8 Å². The van der Waals surface area contributed by atoms with E-state index in [4.69, 9.17) is 4.74 Å². The molecule has 2 saturated heterocycles. The van der Waals surface area contributed by atoms with Crippen LogP contribution in [0.25, 0.3) is 0 Å². The third-order valence-electron chi connectivity index (χ3n) is 8.09. The Morgan fingerprint density at radius 1 is 0.923 bits per heavy atom. The molecule has 2 amide bonds. The number of carbonyl (C=O) groups excluding carboxylic acids is 1. The summed E-state index contributed by atoms with van der Waals surface area (Å²) >= 11 is 0. The van der Waals surface area contributed by atoms with E-state index in [-0.39, 0.29) is 6.03 Å². The van der Waals surface area contributed by atoms with E-state index in [2.05, 4.69) is 53.2 Å². The van der Waals surface area contributed by atoms with Crippen LogP contribution in [0.15, 0.2) is 78.9 Å². The third-order valence-corrected chi connectivity index (χ3v) is 8.09. The topological polar surface area (TPSA) is 44.8 Å². The Kier molecular flexibility index (Phi) is 8.85. The maximum Gasteiger partial charge on any atom is 0.321 e. The molecular formula is C34H39N3O2. The molecule has 5 rings (SSSR count). The van der Waals surface area contributed by atoms with Crippen molar-refractivity contribution in [1.29, 1.82) is 0 Å². The average Bonchev–Trinajstić information content (AvgIpc) is 2.96. The number of carbonyl (C=O) groups is 1. The highest BCUT2D eigenvalue weighted by Gasteiger charge is 2.49. The first-order chi connectivity index (χ1) is 19.2. The highest BCUT2D eigenvalue weighted by molar-refractivity contribution is 5.89. The molecular weight excluding hydrogens is 482 g/mol. The number of amides is 2. The molecule has 3 aromatic carbocycles. The number of hydrogen-bond acceptors (Lipinski definition) is 3. The number of urea groups is 1. The molecule has 0 saturated carbocycles. The molecule has 0 bridgehead atoms. The first-order valence-electron chi connectivity index (χ1n) is 14.3. The van der Waals surface area contributed by atoms with Crippen molar-refractivity contribution in [1.82, 2.24) is 9.80 Å². The van der Waals surface area contributed by atoms with Gasteiger partial charge < -0.3 is 15.0 Å². The van der Waals surface area contributed by atoms with Crippen LogP contribution >= 0.6 is 0 Å². The van der Waals surface area contributed by atoms with E-state index in [9.17, 15) is 4.79 Å². The molecule has 1 N–H and O–H groups in total. The minimum absolute atomic E-state index is 0.0238. The lowest BCUT2D eigenvalue weighted by atomic mass is 9.72. The van der Waals surface area contributed by atoms with E-state index in [1.165, 1.54) is 24.8 Å². The van der Waals surface area contributed by atoms with Crippen molar-refractivity contribution in [3.63, 3.8) is 0 Å². The summed E-state index contributed by atoms with van der Waals surface area (Å²) in [5, 5.41) is 3.10. The molecule has 202 valence electrons. The van der Waals surface area contributed by atoms with Crippen molar-refractivity contribution in [3.05, 3.63) is 95.6 Å². The Morgan fingerprint density at radius 3 is 2.31 bits per heavy atom. The number of nitrogens with zero attached hydrogens (tertiary/aromatic N) is 2. The van der Waals surface area contributed by atoms with Crippen molar-refractivity contribution in [2.24, 2.45) is 0 Å². The first kappa shape index (κ1) is 26.8. The van der Waals surface area contributed by atoms with E-state index in [0.29, 0.717) is 18.0 Å². The predicted molar refractivity (Wildman–Crippen MR) is 158 cm³/mol. The lowest BCUT2D eigenvalue weighted by Crippen LogP contribution is -2.66. The molecule has 39 heavy (non-hydrogen) atoms. The number of hydrogen-bond donors (Lipinski definition) is 1. The highest BCUT2D eigenvalue weighted by atomic mass is 16.5. The summed E-state index contributed by atoms with van der Waals surface area (Å²) in [5.41, 5.74) is 4.21. The Morgan fingerprint density at radius 2 is 1.62 bits per heavy atom. The number of methoxy groups -OCH3 is 1. The summed E-state index contributed by atoms with van der Waals surface area (Å²) in [6, 6.07) is 27.3. The van der Waals surface area contributed by atoms with E-state index in [0.717, 1.165) is 55.0 Å². The van der Waals surface area contributed by atoms with Gasteiger partial charge in [0, 0.05) is 47.9 Å². The van der Waals surface area contributed by atoms with Crippen LogP contribution in [0.3, 0.4) is 0 Å². The quantitative estimate of drug-likeness (QED) is 0.365. The second kappa shape index (κ2) is 12.9. The van der Waals surface area contributed by atoms with Crippen LogP contribution in [-0.2, 0) is 0 Å². The smallest absolute Gasteiger partial charge is 0.321 e. The van der Waals surface area contributed by atoms with E-state index < -0.39 is 0 Å². The normalized spacial score (nSPS) is 20.9. The summed E-state index contributed by atoms with van der Waals surface area (Å²) < 4.78 is 5.25. The molecule has 3 atom stereocenters. The number of nitrogens with one attached hydrogen (secondary N) is 1. The number of ether oxygens (including phenoxy) is 1. The number of benzene rings is 3. The average molecular weight is 522 g/mol. The molecule has 5 nitrogen and oxygen atoms in total. The summed E-state index contributed by atoms with van der Waals surface area (Å²) in [6.07, 6.45) is 5.77. The highest BCUT2D eigenvalue weighted by Crippen LogP contribution is 2.44. The monoisotopic (exact) mass is 521 g/mol. The second-order valence-electron chi connectivity index (χ2n) is 10.6. The van der Waals surface area contributed by atoms with Gasteiger partial charge in [0.15, 0.2) is 0 Å². The van der Waals surface area contributed by atoms with E-state index in [1.54, 1.807) is 7.11 Å². The fourth-order valence-electron chi connectivity index (χ4n) is 6.00. The zero-order chi connectivity index (χ0) is 27.0. The molecule has 2 fully saturated rings. The Labute approximate surface area is 233 Å². The van der Waals surface area contributed by atoms with Gasteiger partial charge in [-0.2, -0.15) is 0 Å². The van der Waals surface area contributed by atoms with Crippen molar-refractivity contribution in [2.75, 3.05) is 32.1 Å². The summed E-state index contributed by atoms with van der Waals surface area (Å²) in [4.78, 5) is 18.0. The standard InChI is InChI=1S/C34H39N3O2/c1-3-4-12-31-33(28-17-15-27(16-18-28)14-13-26-10-6-5-7-11-26)32-25-36(23-8-9-24-37(31)32)34(38)35-29-19-21-30(39-2)22-20-29/h5-7,10-11,15-22,31-33H,3-4,8-9,12,23-25H2,1-2H3,(H,35,38)/t31-,32+,33+/m1/s1. The summed E-state index contributed by atoms with van der Waals surface area (Å²) in [7, 11) is 1.65. The summed E-state index contributed by atoms with van der Waals surface area (Å²) in [5.74, 6) is 7.77. The van der Waals surface area contributed by atoms with Gasteiger partial charge in [0.25, 0.3) is 0 Å². The number of unbranched alkanes of at least 4 members (excludes halogenated alkanes) is 1. The van der Waals surface area contributed by atoms with Gasteiger partial charge in [-0.15, -0.1) is 0 Å². The molecule has 0 spiro atoms. The molecule has 2 aliphatic rings. The van der Waals surface area contributed by atoms with Crippen LogP contribution < -0.4 is 10.1 Å². The lowest BCUT2D eigenvalue weighted by Gasteiger charge is -2.58. The van der Waals surface area contributed by atoms with Gasteiger partial charge in [-0.05, 0) is 79.9 Å². The van der Waals surface area contributed by atoms with Gasteiger partial charge in [0.2, 0.25) is 0 Å². The Hall–Kier alpha value is -3.75. The van der Waals surface area contributed by atoms with Gasteiger partial charge in [-0.25, -0.2) is 4.79 Å². The second-order valence-corrected chi connectivity index (χ2v) is 10.6. The van der Waals surface area contributed by atoms with Crippen LogP contribution in [0.2, 0.25) is 0 Å². The van der Waals surface area contributed by atoms with Crippen molar-refractivity contribution in [3.8, 4) is 17.6 Å². The van der Waals surface area contributed by atoms with Gasteiger partial charge in [0.05, 0.1) is 7.11 Å². The van der Waals surface area contributed by atoms with Crippen LogP contribution in [-0.4, -0.2) is 54.7 Å². The fourth-order valence-corrected chi connectivity index (χ4v) is 6.00. The molecule has 2 aliphatic heterocycles. The molecule has 5 heteroatoms. The van der Waals surface area contributed by atoms with Gasteiger partial charge >= 0.3 is 6.03 Å². The van der Waals surface area contributed by atoms with Crippen LogP contribution in [0.4, 0.5) is 10.5 Å². The predicted octanol–water partition coefficient (Wildman–Crippen LogP) is 6.75. The maximum absolute atomic E-state index is 13.3. The van der Waals surface area contributed by atoms with Crippen molar-refractivity contribution >= 4 is 11.7 Å². The van der Waals surface area contributed by atoms with Crippen LogP contribution in [0.5, 0.6) is 5.75 Å². The Balaban J connectivity index is 1.32. The zero-order valence-corrected chi connectivity index (χ0v) is 23.1. The molecule has 0 aromatic heterocycles. The van der Waals surface area contributed by atoms with E-state index >= 15 is 0 Å². The first-order valence-corrected chi connectivity index (χ1v) is 14.3. The molecule has 0 radical (unpaired) electrons. The maximum atomic E-state index is 13.3. The van der Waals surface area contributed by atoms with Crippen molar-refractivity contribution in [2.45, 2.75) is 57.0 Å². The fraction of sp³-hybridized carbons (Fsp3) is 0.382. The van der Waals surface area contributed by atoms with Gasteiger partial charge in [-0.3, -0.25) is 4.90 Å². The minimum atomic E-state index is -0.0238. The molecule has 2 heterocycles. The minimum Gasteiger partial charge on any atom is -0.497 e. The lowest BCUT2D eigenvalue weighted by molar-refractivity contribution is -0.0398. The zero-order valence-electron chi connectivity index (χ0n) is 23.1. The largest absolute Gasteiger partial charge is 0.497 e. The van der Waals surface area contributed by atoms with E-state index in [1.807, 2.05) is 59.5 Å². The number of anilines is 1. The van der Waals surface area contributed by atoms with Crippen molar-refractivity contribution < 1.29 is 9.53 Å². The third kappa shape index (κ3) is 6.46. The molecule has 0 aliphatic carbocycles.